The molecular weight excluding hydrogens is 272 g/mol. The zero-order chi connectivity index (χ0) is 14.8. The molecule has 110 valence electrons. The van der Waals surface area contributed by atoms with Gasteiger partial charge in [-0.25, -0.2) is 10.0 Å². The van der Waals surface area contributed by atoms with Gasteiger partial charge in [0.2, 0.25) is 6.41 Å². The van der Waals surface area contributed by atoms with Crippen molar-refractivity contribution in [1.29, 1.82) is 0 Å². The van der Waals surface area contributed by atoms with E-state index in [2.05, 4.69) is 30.9 Å². The Morgan fingerprint density at radius 2 is 1.60 bits per heavy atom. The van der Waals surface area contributed by atoms with Gasteiger partial charge in [-0.15, -0.1) is 0 Å². The summed E-state index contributed by atoms with van der Waals surface area (Å²) in [6, 6.07) is 7.96. The summed E-state index contributed by atoms with van der Waals surface area (Å²) in [5.41, 5.74) is 0.733. The second-order valence-electron chi connectivity index (χ2n) is 5.80. The fourth-order valence-corrected chi connectivity index (χ4v) is 3.17. The van der Waals surface area contributed by atoms with Gasteiger partial charge in [0, 0.05) is 31.7 Å². The van der Waals surface area contributed by atoms with Crippen molar-refractivity contribution >= 4 is 22.3 Å². The van der Waals surface area contributed by atoms with Crippen LogP contribution in [0.5, 0.6) is 0 Å². The van der Waals surface area contributed by atoms with Crippen molar-refractivity contribution in [3.8, 4) is 0 Å². The van der Waals surface area contributed by atoms with Gasteiger partial charge in [0.15, 0.2) is 0 Å². The predicted octanol–water partition coefficient (Wildman–Crippen LogP) is 1.65. The number of amides is 2. The van der Waals surface area contributed by atoms with Crippen molar-refractivity contribution in [3.05, 3.63) is 29.8 Å². The average Bonchev–Trinajstić information content (AvgIpc) is 2.46. The summed E-state index contributed by atoms with van der Waals surface area (Å²) in [4.78, 5) is 27.9. The van der Waals surface area contributed by atoms with Crippen molar-refractivity contribution < 1.29 is 9.59 Å². The van der Waals surface area contributed by atoms with Gasteiger partial charge in [0.05, 0.1) is 0 Å². The van der Waals surface area contributed by atoms with Crippen molar-refractivity contribution in [2.75, 3.05) is 44.9 Å². The quantitative estimate of drug-likeness (QED) is 0.795. The third-order valence-electron chi connectivity index (χ3n) is 3.56. The van der Waals surface area contributed by atoms with E-state index in [4.69, 9.17) is 0 Å². The maximum Gasteiger partial charge on any atom is 0.253 e. The molecule has 0 atom stereocenters. The highest BCUT2D eigenvalue weighted by Gasteiger charge is 2.21. The first-order valence-electron chi connectivity index (χ1n) is 6.69. The molecule has 0 saturated carbocycles. The number of benzene rings is 1. The third-order valence-corrected chi connectivity index (χ3v) is 5.25. The molecule has 5 heteroatoms. The van der Waals surface area contributed by atoms with Gasteiger partial charge >= 0.3 is 0 Å². The fourth-order valence-electron chi connectivity index (χ4n) is 2.22. The van der Waals surface area contributed by atoms with Crippen molar-refractivity contribution in [1.82, 2.24) is 9.80 Å². The lowest BCUT2D eigenvalue weighted by molar-refractivity contribution is -0.119. The number of carbonyl (C=O) groups excluding carboxylic acids is 2. The zero-order valence-corrected chi connectivity index (χ0v) is 13.2. The van der Waals surface area contributed by atoms with E-state index in [-0.39, 0.29) is 5.91 Å². The second-order valence-corrected chi connectivity index (χ2v) is 9.94. The van der Waals surface area contributed by atoms with Crippen LogP contribution in [0.15, 0.2) is 29.2 Å². The number of hydrogen-bond donors (Lipinski definition) is 0. The van der Waals surface area contributed by atoms with E-state index in [1.165, 1.54) is 4.90 Å². The van der Waals surface area contributed by atoms with E-state index in [1.807, 2.05) is 17.0 Å². The summed E-state index contributed by atoms with van der Waals surface area (Å²) in [7, 11) is -0.751. The Labute approximate surface area is 122 Å². The van der Waals surface area contributed by atoms with Crippen LogP contribution < -0.4 is 0 Å². The van der Waals surface area contributed by atoms with Gasteiger partial charge in [-0.3, -0.25) is 9.59 Å². The van der Waals surface area contributed by atoms with E-state index in [0.29, 0.717) is 26.2 Å². The van der Waals surface area contributed by atoms with Crippen molar-refractivity contribution in [2.45, 2.75) is 4.90 Å². The van der Waals surface area contributed by atoms with E-state index < -0.39 is 10.0 Å². The highest BCUT2D eigenvalue weighted by molar-refractivity contribution is 8.32. The maximum absolute atomic E-state index is 12.4. The van der Waals surface area contributed by atoms with Crippen molar-refractivity contribution in [3.63, 3.8) is 0 Å². The lowest BCUT2D eigenvalue weighted by atomic mass is 10.2. The molecule has 20 heavy (non-hydrogen) atoms. The Bertz CT molecular complexity index is 486. The minimum atomic E-state index is -0.751. The highest BCUT2D eigenvalue weighted by Crippen LogP contribution is 2.44. The molecule has 1 heterocycles. The molecule has 0 bridgehead atoms. The van der Waals surface area contributed by atoms with Gasteiger partial charge in [-0.05, 0) is 47.9 Å². The maximum atomic E-state index is 12.4. The Morgan fingerprint density at radius 3 is 2.05 bits per heavy atom. The molecule has 2 amide bonds. The molecule has 0 aromatic heterocycles. The molecule has 1 aromatic carbocycles. The van der Waals surface area contributed by atoms with Crippen LogP contribution in [-0.4, -0.2) is 67.1 Å². The van der Waals surface area contributed by atoms with Crippen LogP contribution in [0.3, 0.4) is 0 Å². The second kappa shape index (κ2) is 5.87. The summed E-state index contributed by atoms with van der Waals surface area (Å²) in [5, 5.41) is 0. The summed E-state index contributed by atoms with van der Waals surface area (Å²) in [5.74, 6) is 0.0611. The van der Waals surface area contributed by atoms with Crippen molar-refractivity contribution in [2.24, 2.45) is 0 Å². The lowest BCUT2D eigenvalue weighted by Crippen LogP contribution is -2.48. The molecule has 0 radical (unpaired) electrons. The Hall–Kier alpha value is -1.49. The molecular formula is C15H22N2O2S. The van der Waals surface area contributed by atoms with E-state index >= 15 is 0 Å². The van der Waals surface area contributed by atoms with Crippen LogP contribution in [0, 0.1) is 0 Å². The molecule has 2 rings (SSSR count). The minimum absolute atomic E-state index is 0.0611. The molecule has 0 N–H and O–H groups in total. The summed E-state index contributed by atoms with van der Waals surface area (Å²) in [6.07, 6.45) is 7.57. The van der Waals surface area contributed by atoms with Gasteiger partial charge in [-0.1, -0.05) is 0 Å². The number of nitrogens with zero attached hydrogens (tertiary/aromatic N) is 2. The Kier molecular flexibility index (Phi) is 4.38. The normalized spacial score (nSPS) is 16.9. The number of hydrogen-bond acceptors (Lipinski definition) is 2. The van der Waals surface area contributed by atoms with Crippen LogP contribution >= 0.6 is 10.0 Å². The summed E-state index contributed by atoms with van der Waals surface area (Å²) < 4.78 is 0. The van der Waals surface area contributed by atoms with Crippen LogP contribution in [0.25, 0.3) is 0 Å². The van der Waals surface area contributed by atoms with Gasteiger partial charge in [-0.2, -0.15) is 0 Å². The molecule has 0 unspecified atom stereocenters. The highest BCUT2D eigenvalue weighted by atomic mass is 32.3. The number of piperazine rings is 1. The minimum Gasteiger partial charge on any atom is -0.342 e. The van der Waals surface area contributed by atoms with Crippen LogP contribution in [0.2, 0.25) is 0 Å². The molecule has 1 saturated heterocycles. The summed E-state index contributed by atoms with van der Waals surface area (Å²) >= 11 is 0. The molecule has 1 aliphatic rings. The summed E-state index contributed by atoms with van der Waals surface area (Å²) in [6.45, 7) is 2.48. The van der Waals surface area contributed by atoms with Gasteiger partial charge < -0.3 is 9.80 Å². The topological polar surface area (TPSA) is 40.6 Å². The van der Waals surface area contributed by atoms with E-state index in [9.17, 15) is 9.59 Å². The standard InChI is InChI=1S/C15H22N2O2S/c1-20(2,3)14-6-4-13(5-7-14)15(19)17-10-8-16(12-18)9-11-17/h4-7,12H,8-11H2,1-3H3. The third kappa shape index (κ3) is 3.33. The number of carbonyl (C=O) groups is 2. The first-order valence-corrected chi connectivity index (χ1v) is 9.54. The average molecular weight is 294 g/mol. The SMILES string of the molecule is CS(C)(C)c1ccc(C(=O)N2CCN(C=O)CC2)cc1. The Morgan fingerprint density at radius 1 is 1.05 bits per heavy atom. The molecule has 0 spiro atoms. The molecule has 1 aliphatic heterocycles. The van der Waals surface area contributed by atoms with E-state index in [1.54, 1.807) is 4.90 Å². The first-order chi connectivity index (χ1) is 9.41. The molecule has 4 nitrogen and oxygen atoms in total. The van der Waals surface area contributed by atoms with Crippen LogP contribution in [0.1, 0.15) is 10.4 Å². The molecule has 1 aromatic rings. The smallest absolute Gasteiger partial charge is 0.253 e. The largest absolute Gasteiger partial charge is 0.342 e. The fraction of sp³-hybridized carbons (Fsp3) is 0.467. The van der Waals surface area contributed by atoms with Gasteiger partial charge in [0.1, 0.15) is 0 Å². The van der Waals surface area contributed by atoms with Crippen LogP contribution in [0.4, 0.5) is 0 Å². The zero-order valence-electron chi connectivity index (χ0n) is 12.3. The van der Waals surface area contributed by atoms with Crippen LogP contribution in [-0.2, 0) is 4.79 Å². The molecule has 0 aliphatic carbocycles. The first kappa shape index (κ1) is 14.9. The predicted molar refractivity (Wildman–Crippen MR) is 83.6 cm³/mol. The Balaban J connectivity index is 2.05. The van der Waals surface area contributed by atoms with Gasteiger partial charge in [0.25, 0.3) is 5.91 Å². The monoisotopic (exact) mass is 294 g/mol. The lowest BCUT2D eigenvalue weighted by Gasteiger charge is -2.32. The molecule has 1 fully saturated rings. The number of rotatable bonds is 3. The van der Waals surface area contributed by atoms with E-state index in [0.717, 1.165) is 12.0 Å².